The average molecular weight is 268 g/mol. The smallest absolute Gasteiger partial charge is 0.185 e. The highest BCUT2D eigenvalue weighted by Gasteiger charge is 2.11. The molecule has 1 aliphatic carbocycles. The maximum Gasteiger partial charge on any atom is 0.185 e. The van der Waals surface area contributed by atoms with E-state index in [0.717, 1.165) is 18.9 Å². The van der Waals surface area contributed by atoms with Crippen molar-refractivity contribution in [3.8, 4) is 0 Å². The third-order valence-electron chi connectivity index (χ3n) is 3.96. The summed E-state index contributed by atoms with van der Waals surface area (Å²) < 4.78 is 0. The predicted molar refractivity (Wildman–Crippen MR) is 83.2 cm³/mol. The Morgan fingerprint density at radius 1 is 0.947 bits per heavy atom. The van der Waals surface area contributed by atoms with Crippen LogP contribution in [-0.4, -0.2) is 25.6 Å². The minimum Gasteiger partial charge on any atom is -0.370 e. The second-order valence-corrected chi connectivity index (χ2v) is 5.78. The molecule has 1 saturated carbocycles. The minimum atomic E-state index is 0.215. The van der Waals surface area contributed by atoms with Gasteiger partial charge in [0.05, 0.1) is 0 Å². The van der Waals surface area contributed by atoms with Gasteiger partial charge < -0.3 is 16.8 Å². The number of hydrogen-bond donors (Lipinski definition) is 3. The Kier molecular flexibility index (Phi) is 9.51. The summed E-state index contributed by atoms with van der Waals surface area (Å²) in [5, 5.41) is 3.62. The number of nitrogens with one attached hydrogen (secondary N) is 1. The van der Waals surface area contributed by atoms with Crippen molar-refractivity contribution in [2.45, 2.75) is 64.2 Å². The van der Waals surface area contributed by atoms with Gasteiger partial charge in [0.1, 0.15) is 0 Å². The summed E-state index contributed by atoms with van der Waals surface area (Å²) in [5.74, 6) is 1.17. The SMILES string of the molecule is NC(N)=NCCCCCCCNCC1CCCCC1. The van der Waals surface area contributed by atoms with Crippen molar-refractivity contribution >= 4 is 5.96 Å². The molecule has 0 aromatic rings. The fourth-order valence-corrected chi connectivity index (χ4v) is 2.80. The van der Waals surface area contributed by atoms with Crippen LogP contribution in [0.25, 0.3) is 0 Å². The average Bonchev–Trinajstić information content (AvgIpc) is 2.42. The van der Waals surface area contributed by atoms with Crippen molar-refractivity contribution in [2.24, 2.45) is 22.4 Å². The maximum absolute atomic E-state index is 5.27. The van der Waals surface area contributed by atoms with Crippen LogP contribution in [0.15, 0.2) is 4.99 Å². The van der Waals surface area contributed by atoms with Gasteiger partial charge in [0, 0.05) is 6.54 Å². The van der Waals surface area contributed by atoms with Crippen LogP contribution in [0.2, 0.25) is 0 Å². The normalized spacial score (nSPS) is 16.4. The number of aliphatic imine (C=N–C) groups is 1. The minimum absolute atomic E-state index is 0.215. The molecule has 0 bridgehead atoms. The largest absolute Gasteiger partial charge is 0.370 e. The van der Waals surface area contributed by atoms with Gasteiger partial charge in [-0.05, 0) is 44.7 Å². The van der Waals surface area contributed by atoms with Crippen molar-refractivity contribution in [1.82, 2.24) is 5.32 Å². The standard InChI is InChI=1S/C15H32N4/c16-15(17)19-12-8-3-1-2-7-11-18-13-14-9-5-4-6-10-14/h14,18H,1-13H2,(H4,16,17,19). The van der Waals surface area contributed by atoms with E-state index in [1.807, 2.05) is 0 Å². The van der Waals surface area contributed by atoms with Crippen LogP contribution in [0.3, 0.4) is 0 Å². The Bertz CT molecular complexity index is 230. The summed E-state index contributed by atoms with van der Waals surface area (Å²) in [7, 11) is 0. The number of hydrogen-bond acceptors (Lipinski definition) is 2. The Morgan fingerprint density at radius 3 is 2.37 bits per heavy atom. The zero-order valence-corrected chi connectivity index (χ0v) is 12.4. The van der Waals surface area contributed by atoms with Crippen LogP contribution < -0.4 is 16.8 Å². The zero-order chi connectivity index (χ0) is 13.8. The van der Waals surface area contributed by atoms with Crippen molar-refractivity contribution in [1.29, 1.82) is 0 Å². The van der Waals surface area contributed by atoms with Gasteiger partial charge >= 0.3 is 0 Å². The predicted octanol–water partition coefficient (Wildman–Crippen LogP) is 2.38. The molecule has 0 aromatic heterocycles. The lowest BCUT2D eigenvalue weighted by molar-refractivity contribution is 0.341. The van der Waals surface area contributed by atoms with E-state index >= 15 is 0 Å². The molecule has 19 heavy (non-hydrogen) atoms. The third kappa shape index (κ3) is 9.77. The summed E-state index contributed by atoms with van der Waals surface area (Å²) in [5.41, 5.74) is 10.5. The molecule has 0 spiro atoms. The van der Waals surface area contributed by atoms with E-state index < -0.39 is 0 Å². The van der Waals surface area contributed by atoms with Crippen LogP contribution in [0.1, 0.15) is 64.2 Å². The number of unbranched alkanes of at least 4 members (excludes halogenated alkanes) is 4. The molecule has 0 aromatic carbocycles. The molecule has 1 fully saturated rings. The summed E-state index contributed by atoms with van der Waals surface area (Å²) in [6.45, 7) is 3.21. The van der Waals surface area contributed by atoms with Crippen molar-refractivity contribution in [2.75, 3.05) is 19.6 Å². The van der Waals surface area contributed by atoms with Crippen molar-refractivity contribution in [3.05, 3.63) is 0 Å². The number of nitrogens with two attached hydrogens (primary N) is 2. The Balaban J connectivity index is 1.77. The summed E-state index contributed by atoms with van der Waals surface area (Å²) in [6, 6.07) is 0. The molecule has 0 amide bonds. The molecule has 0 saturated heterocycles. The molecule has 1 aliphatic rings. The topological polar surface area (TPSA) is 76.4 Å². The summed E-state index contributed by atoms with van der Waals surface area (Å²) in [6.07, 6.45) is 13.5. The highest BCUT2D eigenvalue weighted by Crippen LogP contribution is 2.22. The second kappa shape index (κ2) is 11.1. The van der Waals surface area contributed by atoms with E-state index in [-0.39, 0.29) is 5.96 Å². The first kappa shape index (κ1) is 16.3. The van der Waals surface area contributed by atoms with E-state index in [2.05, 4.69) is 10.3 Å². The third-order valence-corrected chi connectivity index (χ3v) is 3.96. The molecular formula is C15H32N4. The van der Waals surface area contributed by atoms with Crippen LogP contribution in [-0.2, 0) is 0 Å². The molecule has 0 unspecified atom stereocenters. The van der Waals surface area contributed by atoms with Gasteiger partial charge in [0.15, 0.2) is 5.96 Å². The molecule has 4 nitrogen and oxygen atoms in total. The zero-order valence-electron chi connectivity index (χ0n) is 12.4. The molecule has 1 rings (SSSR count). The Labute approximate surface area is 118 Å². The molecule has 0 heterocycles. The van der Waals surface area contributed by atoms with Gasteiger partial charge in [-0.15, -0.1) is 0 Å². The van der Waals surface area contributed by atoms with Gasteiger partial charge in [-0.25, -0.2) is 0 Å². The molecule has 112 valence electrons. The molecule has 0 radical (unpaired) electrons. The van der Waals surface area contributed by atoms with Gasteiger partial charge in [-0.1, -0.05) is 38.5 Å². The van der Waals surface area contributed by atoms with Gasteiger partial charge in [-0.3, -0.25) is 4.99 Å². The molecular weight excluding hydrogens is 236 g/mol. The lowest BCUT2D eigenvalue weighted by Gasteiger charge is -2.21. The van der Waals surface area contributed by atoms with E-state index in [9.17, 15) is 0 Å². The van der Waals surface area contributed by atoms with E-state index in [4.69, 9.17) is 11.5 Å². The van der Waals surface area contributed by atoms with E-state index in [0.29, 0.717) is 0 Å². The van der Waals surface area contributed by atoms with Crippen LogP contribution in [0.4, 0.5) is 0 Å². The molecule has 5 N–H and O–H groups in total. The monoisotopic (exact) mass is 268 g/mol. The lowest BCUT2D eigenvalue weighted by Crippen LogP contribution is -2.25. The highest BCUT2D eigenvalue weighted by molar-refractivity contribution is 5.75. The lowest BCUT2D eigenvalue weighted by atomic mass is 9.89. The number of guanidine groups is 1. The van der Waals surface area contributed by atoms with Crippen LogP contribution >= 0.6 is 0 Å². The first-order valence-corrected chi connectivity index (χ1v) is 8.05. The van der Waals surface area contributed by atoms with Crippen LogP contribution in [0.5, 0.6) is 0 Å². The summed E-state index contributed by atoms with van der Waals surface area (Å²) in [4.78, 5) is 3.98. The fourth-order valence-electron chi connectivity index (χ4n) is 2.80. The quantitative estimate of drug-likeness (QED) is 0.323. The molecule has 0 atom stereocenters. The molecule has 4 heteroatoms. The first-order valence-electron chi connectivity index (χ1n) is 8.05. The fraction of sp³-hybridized carbons (Fsp3) is 0.933. The second-order valence-electron chi connectivity index (χ2n) is 5.78. The molecule has 0 aliphatic heterocycles. The number of rotatable bonds is 10. The maximum atomic E-state index is 5.27. The highest BCUT2D eigenvalue weighted by atomic mass is 15.0. The van der Waals surface area contributed by atoms with Crippen LogP contribution in [0, 0.1) is 5.92 Å². The first-order chi connectivity index (χ1) is 9.29. The number of nitrogens with zero attached hydrogens (tertiary/aromatic N) is 1. The van der Waals surface area contributed by atoms with Gasteiger partial charge in [0.2, 0.25) is 0 Å². The van der Waals surface area contributed by atoms with Crippen molar-refractivity contribution in [3.63, 3.8) is 0 Å². The van der Waals surface area contributed by atoms with Gasteiger partial charge in [0.25, 0.3) is 0 Å². The van der Waals surface area contributed by atoms with Crippen molar-refractivity contribution < 1.29 is 0 Å². The summed E-state index contributed by atoms with van der Waals surface area (Å²) >= 11 is 0. The van der Waals surface area contributed by atoms with E-state index in [1.54, 1.807) is 0 Å². The Hall–Kier alpha value is -0.770. The van der Waals surface area contributed by atoms with Gasteiger partial charge in [-0.2, -0.15) is 0 Å². The Morgan fingerprint density at radius 2 is 1.63 bits per heavy atom. The van der Waals surface area contributed by atoms with E-state index in [1.165, 1.54) is 70.9 Å².